The van der Waals surface area contributed by atoms with Crippen molar-refractivity contribution in [2.75, 3.05) is 23.3 Å². The van der Waals surface area contributed by atoms with Crippen LogP contribution in [0.3, 0.4) is 0 Å². The summed E-state index contributed by atoms with van der Waals surface area (Å²) >= 11 is 0. The summed E-state index contributed by atoms with van der Waals surface area (Å²) in [4.78, 5) is 27.1. The van der Waals surface area contributed by atoms with Crippen molar-refractivity contribution in [1.29, 1.82) is 0 Å². The molecule has 0 spiro atoms. The number of benzene rings is 2. The molecular weight excluding hydrogens is 364 g/mol. The lowest BCUT2D eigenvalue weighted by Gasteiger charge is -2.18. The zero-order valence-corrected chi connectivity index (χ0v) is 16.4. The number of hydrogen-bond donors (Lipinski definition) is 1. The van der Waals surface area contributed by atoms with Gasteiger partial charge >= 0.3 is 0 Å². The van der Waals surface area contributed by atoms with Gasteiger partial charge in [0.05, 0.1) is 24.3 Å². The van der Waals surface area contributed by atoms with Crippen molar-refractivity contribution in [2.45, 2.75) is 19.9 Å². The minimum atomic E-state index is -0.140. The Balaban J connectivity index is 1.40. The second-order valence-electron chi connectivity index (χ2n) is 7.49. The van der Waals surface area contributed by atoms with Gasteiger partial charge in [-0.25, -0.2) is 4.68 Å². The van der Waals surface area contributed by atoms with Crippen molar-refractivity contribution in [2.24, 2.45) is 5.92 Å². The summed E-state index contributed by atoms with van der Waals surface area (Å²) in [5.41, 5.74) is 3.59. The molecule has 1 aliphatic heterocycles. The van der Waals surface area contributed by atoms with Gasteiger partial charge in [0.25, 0.3) is 5.56 Å². The summed E-state index contributed by atoms with van der Waals surface area (Å²) in [5, 5.41) is 7.32. The third-order valence-corrected chi connectivity index (χ3v) is 5.24. The van der Waals surface area contributed by atoms with Gasteiger partial charge in [-0.1, -0.05) is 42.5 Å². The molecule has 3 aromatic rings. The molecule has 2 aromatic carbocycles. The van der Waals surface area contributed by atoms with Crippen LogP contribution in [-0.4, -0.2) is 28.8 Å². The summed E-state index contributed by atoms with van der Waals surface area (Å²) in [6.07, 6.45) is 2.47. The summed E-state index contributed by atoms with van der Waals surface area (Å²) in [6.45, 7) is 3.76. The van der Waals surface area contributed by atoms with Crippen LogP contribution in [0.4, 0.5) is 11.4 Å². The van der Waals surface area contributed by atoms with E-state index in [1.807, 2.05) is 61.5 Å². The second-order valence-corrected chi connectivity index (χ2v) is 7.49. The molecule has 1 fully saturated rings. The van der Waals surface area contributed by atoms with Gasteiger partial charge < -0.3 is 10.2 Å². The van der Waals surface area contributed by atoms with Gasteiger partial charge in [-0.15, -0.1) is 0 Å². The third kappa shape index (κ3) is 4.54. The van der Waals surface area contributed by atoms with E-state index in [0.29, 0.717) is 13.1 Å². The van der Waals surface area contributed by atoms with Gasteiger partial charge in [0.1, 0.15) is 0 Å². The normalized spacial score (nSPS) is 16.0. The Morgan fingerprint density at radius 1 is 1.14 bits per heavy atom. The maximum atomic E-state index is 12.6. The topological polar surface area (TPSA) is 67.2 Å². The Labute approximate surface area is 169 Å². The molecule has 2 heterocycles. The Morgan fingerprint density at radius 3 is 2.72 bits per heavy atom. The standard InChI is InChI=1S/C23H24N4O2/c1-17-6-5-9-20(12-17)25-23(29)19-10-11-26(16-19)21-13-22(28)27(24-14-21)15-18-7-3-2-4-8-18/h2-9,12-14,19H,10-11,15-16H2,1H3,(H,25,29). The quantitative estimate of drug-likeness (QED) is 0.729. The zero-order chi connectivity index (χ0) is 20.2. The van der Waals surface area contributed by atoms with E-state index in [2.05, 4.69) is 15.3 Å². The number of aryl methyl sites for hydroxylation is 1. The average Bonchev–Trinajstić information content (AvgIpc) is 3.21. The van der Waals surface area contributed by atoms with Crippen molar-refractivity contribution in [3.8, 4) is 0 Å². The molecule has 1 amide bonds. The number of hydrogen-bond acceptors (Lipinski definition) is 4. The largest absolute Gasteiger partial charge is 0.369 e. The van der Waals surface area contributed by atoms with E-state index in [0.717, 1.165) is 35.5 Å². The predicted molar refractivity (Wildman–Crippen MR) is 114 cm³/mol. The number of aromatic nitrogens is 2. The average molecular weight is 388 g/mol. The molecule has 0 bridgehead atoms. The number of carbonyl (C=O) groups excluding carboxylic acids is 1. The first-order valence-corrected chi connectivity index (χ1v) is 9.82. The fourth-order valence-electron chi connectivity index (χ4n) is 3.65. The molecule has 1 aromatic heterocycles. The van der Waals surface area contributed by atoms with Crippen LogP contribution in [-0.2, 0) is 11.3 Å². The van der Waals surface area contributed by atoms with Crippen LogP contribution in [0.15, 0.2) is 71.7 Å². The van der Waals surface area contributed by atoms with E-state index >= 15 is 0 Å². The van der Waals surface area contributed by atoms with Crippen LogP contribution < -0.4 is 15.8 Å². The Morgan fingerprint density at radius 2 is 1.97 bits per heavy atom. The van der Waals surface area contributed by atoms with Crippen LogP contribution in [0, 0.1) is 12.8 Å². The number of amides is 1. The molecule has 1 atom stereocenters. The van der Waals surface area contributed by atoms with Gasteiger partial charge in [-0.2, -0.15) is 5.10 Å². The molecule has 148 valence electrons. The van der Waals surface area contributed by atoms with E-state index in [1.165, 1.54) is 4.68 Å². The van der Waals surface area contributed by atoms with Crippen LogP contribution in [0.5, 0.6) is 0 Å². The van der Waals surface area contributed by atoms with Gasteiger partial charge in [0.2, 0.25) is 5.91 Å². The molecule has 0 saturated carbocycles. The van der Waals surface area contributed by atoms with E-state index in [1.54, 1.807) is 12.3 Å². The minimum absolute atomic E-state index is 0.0171. The van der Waals surface area contributed by atoms with Crippen molar-refractivity contribution in [3.63, 3.8) is 0 Å². The molecule has 1 aliphatic rings. The molecule has 6 nitrogen and oxygen atoms in total. The van der Waals surface area contributed by atoms with E-state index in [9.17, 15) is 9.59 Å². The Kier molecular flexibility index (Phi) is 5.42. The van der Waals surface area contributed by atoms with Crippen molar-refractivity contribution >= 4 is 17.3 Å². The van der Waals surface area contributed by atoms with Crippen molar-refractivity contribution in [1.82, 2.24) is 9.78 Å². The minimum Gasteiger partial charge on any atom is -0.369 e. The van der Waals surface area contributed by atoms with Crippen LogP contribution in [0.2, 0.25) is 0 Å². The predicted octanol–water partition coefficient (Wildman–Crippen LogP) is 3.07. The maximum absolute atomic E-state index is 12.6. The highest BCUT2D eigenvalue weighted by Crippen LogP contribution is 2.23. The molecule has 0 radical (unpaired) electrons. The highest BCUT2D eigenvalue weighted by Gasteiger charge is 2.29. The maximum Gasteiger partial charge on any atom is 0.269 e. The monoisotopic (exact) mass is 388 g/mol. The highest BCUT2D eigenvalue weighted by atomic mass is 16.2. The Hall–Kier alpha value is -3.41. The SMILES string of the molecule is Cc1cccc(NC(=O)C2CCN(c3cnn(Cc4ccccc4)c(=O)c3)C2)c1. The smallest absolute Gasteiger partial charge is 0.269 e. The van der Waals surface area contributed by atoms with Crippen LogP contribution >= 0.6 is 0 Å². The van der Waals surface area contributed by atoms with Crippen LogP contribution in [0.1, 0.15) is 17.5 Å². The zero-order valence-electron chi connectivity index (χ0n) is 16.4. The van der Waals surface area contributed by atoms with Gasteiger partial charge in [0, 0.05) is 24.8 Å². The van der Waals surface area contributed by atoms with Gasteiger partial charge in [-0.3, -0.25) is 9.59 Å². The fourth-order valence-corrected chi connectivity index (χ4v) is 3.65. The molecule has 1 unspecified atom stereocenters. The first-order chi connectivity index (χ1) is 14.1. The molecule has 4 rings (SSSR count). The summed E-state index contributed by atoms with van der Waals surface area (Å²) < 4.78 is 1.46. The van der Waals surface area contributed by atoms with Gasteiger partial charge in [0.15, 0.2) is 0 Å². The molecule has 1 saturated heterocycles. The summed E-state index contributed by atoms with van der Waals surface area (Å²) in [7, 11) is 0. The highest BCUT2D eigenvalue weighted by molar-refractivity contribution is 5.93. The van der Waals surface area contributed by atoms with Crippen molar-refractivity contribution in [3.05, 3.63) is 88.3 Å². The van der Waals surface area contributed by atoms with E-state index in [4.69, 9.17) is 0 Å². The molecule has 6 heteroatoms. The second kappa shape index (κ2) is 8.31. The first kappa shape index (κ1) is 18.9. The number of carbonyl (C=O) groups is 1. The van der Waals surface area contributed by atoms with Gasteiger partial charge in [-0.05, 0) is 36.6 Å². The fraction of sp³-hybridized carbons (Fsp3) is 0.261. The van der Waals surface area contributed by atoms with Crippen LogP contribution in [0.25, 0.3) is 0 Å². The lowest BCUT2D eigenvalue weighted by molar-refractivity contribution is -0.119. The molecule has 1 N–H and O–H groups in total. The number of nitrogens with one attached hydrogen (secondary N) is 1. The Bertz CT molecular complexity index is 1060. The molecular formula is C23H24N4O2. The number of anilines is 2. The molecule has 29 heavy (non-hydrogen) atoms. The summed E-state index contributed by atoms with van der Waals surface area (Å²) in [5.74, 6) is -0.0919. The lowest BCUT2D eigenvalue weighted by Crippen LogP contribution is -2.29. The first-order valence-electron chi connectivity index (χ1n) is 9.82. The lowest BCUT2D eigenvalue weighted by atomic mass is 10.1. The molecule has 0 aliphatic carbocycles. The van der Waals surface area contributed by atoms with Crippen molar-refractivity contribution < 1.29 is 4.79 Å². The summed E-state index contributed by atoms with van der Waals surface area (Å²) in [6, 6.07) is 19.2. The van der Waals surface area contributed by atoms with E-state index in [-0.39, 0.29) is 17.4 Å². The third-order valence-electron chi connectivity index (χ3n) is 5.24. The van der Waals surface area contributed by atoms with E-state index < -0.39 is 0 Å². The number of rotatable bonds is 5. The number of nitrogens with zero attached hydrogens (tertiary/aromatic N) is 3.